The van der Waals surface area contributed by atoms with Crippen molar-refractivity contribution in [1.82, 2.24) is 4.90 Å². The quantitative estimate of drug-likeness (QED) is 0.210. The van der Waals surface area contributed by atoms with Gasteiger partial charge in [0.25, 0.3) is 0 Å². The number of carbonyl (C=O) groups is 2. The summed E-state index contributed by atoms with van der Waals surface area (Å²) >= 11 is 1.56. The molecule has 6 nitrogen and oxygen atoms in total. The van der Waals surface area contributed by atoms with Crippen molar-refractivity contribution in [2.45, 2.75) is 77.8 Å². The molecule has 0 saturated carbocycles. The Morgan fingerprint density at radius 3 is 2.59 bits per heavy atom. The fraction of sp³-hybridized carbons (Fsp3) is 0.484. The van der Waals surface area contributed by atoms with E-state index >= 15 is 0 Å². The maximum atomic E-state index is 13.7. The Bertz CT molecular complexity index is 1240. The van der Waals surface area contributed by atoms with Crippen LogP contribution in [-0.4, -0.2) is 40.1 Å². The van der Waals surface area contributed by atoms with Gasteiger partial charge in [0, 0.05) is 4.88 Å². The van der Waals surface area contributed by atoms with Crippen LogP contribution in [0.5, 0.6) is 5.75 Å². The number of aromatic hydroxyl groups is 1. The molecule has 2 aromatic rings. The molecule has 2 aliphatic heterocycles. The Morgan fingerprint density at radius 2 is 1.90 bits per heavy atom. The van der Waals surface area contributed by atoms with Crippen molar-refractivity contribution in [2.75, 3.05) is 0 Å². The van der Waals surface area contributed by atoms with Crippen LogP contribution in [0.1, 0.15) is 69.2 Å². The zero-order valence-corrected chi connectivity index (χ0v) is 23.7. The third kappa shape index (κ3) is 5.93. The second-order valence-electron chi connectivity index (χ2n) is 11.1. The van der Waals surface area contributed by atoms with E-state index in [1.165, 1.54) is 21.6 Å². The maximum Gasteiger partial charge on any atom is 0.455 e. The molecule has 1 aromatic carbocycles. The van der Waals surface area contributed by atoms with E-state index < -0.39 is 13.0 Å². The number of hydrogen-bond donors (Lipinski definition) is 2. The minimum absolute atomic E-state index is 0.0642. The van der Waals surface area contributed by atoms with Crippen molar-refractivity contribution in [2.24, 2.45) is 17.8 Å². The highest BCUT2D eigenvalue weighted by Gasteiger charge is 2.57. The summed E-state index contributed by atoms with van der Waals surface area (Å²) in [6.07, 6.45) is 8.22. The van der Waals surface area contributed by atoms with Gasteiger partial charge in [-0.1, -0.05) is 62.1 Å². The van der Waals surface area contributed by atoms with E-state index in [4.69, 9.17) is 4.65 Å². The molecule has 2 N–H and O–H groups in total. The first kappa shape index (κ1) is 27.9. The normalized spacial score (nSPS) is 25.4. The highest BCUT2D eigenvalue weighted by Crippen LogP contribution is 2.51. The zero-order chi connectivity index (χ0) is 27.5. The minimum atomic E-state index is -0.949. The standard InChI is InChI=1S/C31H38BNO5S/c1-3-6-20(16-21-9-12-23(34)13-10-21)11-14-27-28-22(7-4-2)17-25-29(26(28)18-32(37)38-27)31(36)33(30(25)35)19-24-8-5-15-39-24/h5,8-10,12-13,15-16,25-27,29,34,37H,3-4,6-7,11,14,17-19H2,1-2H3/b20-16+/t25-,26+,27-,29-/m1/s1. The van der Waals surface area contributed by atoms with E-state index in [1.807, 2.05) is 29.6 Å². The van der Waals surface area contributed by atoms with Crippen LogP contribution >= 0.6 is 11.3 Å². The number of thiophene rings is 1. The van der Waals surface area contributed by atoms with Crippen LogP contribution in [0.2, 0.25) is 6.32 Å². The van der Waals surface area contributed by atoms with Crippen LogP contribution in [0.15, 0.2) is 58.5 Å². The minimum Gasteiger partial charge on any atom is -0.508 e. The molecular formula is C31H38BNO5S. The average Bonchev–Trinajstić information content (AvgIpc) is 3.51. The number of hydrogen-bond acceptors (Lipinski definition) is 6. The van der Waals surface area contributed by atoms with Crippen molar-refractivity contribution in [3.8, 4) is 5.75 Å². The summed E-state index contributed by atoms with van der Waals surface area (Å²) in [5.41, 5.74) is 4.76. The van der Waals surface area contributed by atoms with Crippen LogP contribution in [0, 0.1) is 17.8 Å². The molecule has 2 saturated heterocycles. The number of phenolic OH excluding ortho intramolecular Hbond substituents is 1. The van der Waals surface area contributed by atoms with Crippen LogP contribution < -0.4 is 0 Å². The molecule has 2 fully saturated rings. The molecule has 0 radical (unpaired) electrons. The fourth-order valence-corrected chi connectivity index (χ4v) is 7.49. The van der Waals surface area contributed by atoms with E-state index in [9.17, 15) is 19.7 Å². The Hall–Kier alpha value is -2.68. The van der Waals surface area contributed by atoms with Crippen molar-refractivity contribution in [1.29, 1.82) is 0 Å². The number of allylic oxidation sites excluding steroid dienone is 2. The number of benzene rings is 1. The molecule has 0 unspecified atom stereocenters. The smallest absolute Gasteiger partial charge is 0.455 e. The maximum absolute atomic E-state index is 13.7. The van der Waals surface area contributed by atoms with Crippen molar-refractivity contribution < 1.29 is 24.4 Å². The van der Waals surface area contributed by atoms with E-state index in [2.05, 4.69) is 19.9 Å². The predicted octanol–water partition coefficient (Wildman–Crippen LogP) is 6.21. The molecule has 0 spiro atoms. The van der Waals surface area contributed by atoms with Crippen molar-refractivity contribution in [3.05, 3.63) is 68.9 Å². The van der Waals surface area contributed by atoms with E-state index in [0.717, 1.165) is 49.0 Å². The highest BCUT2D eigenvalue weighted by atomic mass is 32.1. The van der Waals surface area contributed by atoms with Gasteiger partial charge < -0.3 is 14.8 Å². The van der Waals surface area contributed by atoms with Gasteiger partial charge >= 0.3 is 7.12 Å². The van der Waals surface area contributed by atoms with Crippen LogP contribution in [0.4, 0.5) is 0 Å². The van der Waals surface area contributed by atoms with Crippen molar-refractivity contribution in [3.63, 3.8) is 0 Å². The number of phenols is 1. The molecule has 1 aromatic heterocycles. The SMILES string of the molecule is CCCC1=C2[C@@H](CC/C(=C/c3ccc(O)cc3)CCC)OB(O)C[C@@H]2[C@@H]2C(=O)N(Cc3cccs3)C(=O)[C@@H]2C1. The first-order valence-corrected chi connectivity index (χ1v) is 15.2. The number of carbonyl (C=O) groups excluding carboxylic acids is 2. The summed E-state index contributed by atoms with van der Waals surface area (Å²) in [5, 5.41) is 22.4. The third-order valence-corrected chi connectivity index (χ3v) is 9.27. The van der Waals surface area contributed by atoms with Gasteiger partial charge in [-0.3, -0.25) is 14.5 Å². The molecule has 39 heavy (non-hydrogen) atoms. The molecule has 2 amide bonds. The molecular weight excluding hydrogens is 509 g/mol. The molecule has 5 rings (SSSR count). The van der Waals surface area contributed by atoms with Crippen LogP contribution in [0.3, 0.4) is 0 Å². The largest absolute Gasteiger partial charge is 0.508 e. The number of fused-ring (bicyclic) bond motifs is 3. The third-order valence-electron chi connectivity index (χ3n) is 8.41. The second kappa shape index (κ2) is 12.2. The number of rotatable bonds is 10. The van der Waals surface area contributed by atoms with Gasteiger partial charge in [-0.05, 0) is 79.1 Å². The molecule has 4 atom stereocenters. The summed E-state index contributed by atoms with van der Waals surface area (Å²) in [6, 6.07) is 11.1. The Labute approximate surface area is 235 Å². The molecule has 8 heteroatoms. The molecule has 1 aliphatic carbocycles. The lowest BCUT2D eigenvalue weighted by Crippen LogP contribution is -2.46. The van der Waals surface area contributed by atoms with E-state index in [-0.39, 0.29) is 35.5 Å². The Kier molecular flexibility index (Phi) is 8.74. The first-order chi connectivity index (χ1) is 18.9. The van der Waals surface area contributed by atoms with E-state index in [0.29, 0.717) is 19.3 Å². The predicted molar refractivity (Wildman–Crippen MR) is 155 cm³/mol. The number of amides is 2. The summed E-state index contributed by atoms with van der Waals surface area (Å²) in [6.45, 7) is 4.64. The number of nitrogens with zero attached hydrogens (tertiary/aromatic N) is 1. The van der Waals surface area contributed by atoms with Gasteiger partial charge in [-0.2, -0.15) is 0 Å². The first-order valence-electron chi connectivity index (χ1n) is 14.3. The van der Waals surface area contributed by atoms with Gasteiger partial charge in [-0.15, -0.1) is 11.3 Å². The molecule has 3 aliphatic rings. The summed E-state index contributed by atoms with van der Waals surface area (Å²) in [4.78, 5) is 29.7. The molecule has 0 bridgehead atoms. The van der Waals surface area contributed by atoms with Crippen molar-refractivity contribution >= 4 is 36.3 Å². The summed E-state index contributed by atoms with van der Waals surface area (Å²) in [7, 11) is -0.949. The lowest BCUT2D eigenvalue weighted by atomic mass is 9.58. The lowest BCUT2D eigenvalue weighted by Gasteiger charge is -2.43. The zero-order valence-electron chi connectivity index (χ0n) is 22.8. The summed E-state index contributed by atoms with van der Waals surface area (Å²) < 4.78 is 6.18. The Morgan fingerprint density at radius 1 is 1.10 bits per heavy atom. The monoisotopic (exact) mass is 547 g/mol. The lowest BCUT2D eigenvalue weighted by molar-refractivity contribution is -0.140. The van der Waals surface area contributed by atoms with Gasteiger partial charge in [0.1, 0.15) is 5.75 Å². The molecule has 206 valence electrons. The van der Waals surface area contributed by atoms with Gasteiger partial charge in [0.2, 0.25) is 11.8 Å². The van der Waals surface area contributed by atoms with Gasteiger partial charge in [0.15, 0.2) is 0 Å². The summed E-state index contributed by atoms with van der Waals surface area (Å²) in [5.74, 6) is -0.839. The molecule has 3 heterocycles. The number of imide groups is 1. The Balaban J connectivity index is 1.40. The van der Waals surface area contributed by atoms with E-state index in [1.54, 1.807) is 23.5 Å². The number of likely N-dealkylation sites (tertiary alicyclic amines) is 1. The highest BCUT2D eigenvalue weighted by molar-refractivity contribution is 7.09. The average molecular weight is 548 g/mol. The van der Waals surface area contributed by atoms with Gasteiger partial charge in [-0.25, -0.2) is 0 Å². The van der Waals surface area contributed by atoms with Gasteiger partial charge in [0.05, 0.1) is 24.5 Å². The topological polar surface area (TPSA) is 87.1 Å². The van der Waals surface area contributed by atoms with Crippen LogP contribution in [0.25, 0.3) is 6.08 Å². The van der Waals surface area contributed by atoms with Crippen LogP contribution in [-0.2, 0) is 20.8 Å². The fourth-order valence-electron chi connectivity index (χ4n) is 6.80. The second-order valence-corrected chi connectivity index (χ2v) is 12.1.